The van der Waals surface area contributed by atoms with Crippen LogP contribution in [0.2, 0.25) is 5.82 Å². The molecule has 1 aliphatic carbocycles. The minimum Gasteiger partial charge on any atom is -0.463 e. The molecule has 0 spiro atoms. The van der Waals surface area contributed by atoms with Gasteiger partial charge >= 0.3 is 0 Å². The van der Waals surface area contributed by atoms with Crippen molar-refractivity contribution in [3.63, 3.8) is 0 Å². The molecule has 2 aliphatic heterocycles. The van der Waals surface area contributed by atoms with E-state index in [-0.39, 0.29) is 12.5 Å². The Morgan fingerprint density at radius 1 is 0.556 bits per heavy atom. The number of fused-ring (bicyclic) bond motifs is 7. The zero-order valence-corrected chi connectivity index (χ0v) is 30.2. The smallest absolute Gasteiger partial charge is 0.234 e. The summed E-state index contributed by atoms with van der Waals surface area (Å²) < 4.78 is 16.3. The number of para-hydroxylation sites is 2. The lowest BCUT2D eigenvalue weighted by molar-refractivity contribution is 0.392. The summed E-state index contributed by atoms with van der Waals surface area (Å²) in [5.74, 6) is 3.87. The number of rotatable bonds is 4. The van der Waals surface area contributed by atoms with Crippen LogP contribution in [-0.4, -0.2) is 11.3 Å². The molecule has 3 heterocycles. The summed E-state index contributed by atoms with van der Waals surface area (Å²) >= 11 is 0. The lowest BCUT2D eigenvalue weighted by atomic mass is 9.30. The molecule has 8 aromatic rings. The maximum absolute atomic E-state index is 6.98. The van der Waals surface area contributed by atoms with Gasteiger partial charge in [0.2, 0.25) is 6.71 Å². The third-order valence-electron chi connectivity index (χ3n) is 11.8. The molecule has 3 nitrogen and oxygen atoms in total. The highest BCUT2D eigenvalue weighted by molar-refractivity contribution is 6.89. The third-order valence-corrected chi connectivity index (χ3v) is 11.8. The molecule has 0 amide bonds. The normalized spacial score (nSPS) is 15.4. The van der Waals surface area contributed by atoms with E-state index in [1.807, 2.05) is 0 Å². The van der Waals surface area contributed by atoms with E-state index in [0.29, 0.717) is 0 Å². The number of ether oxygens (including phenoxy) is 2. The molecule has 54 heavy (non-hydrogen) atoms. The van der Waals surface area contributed by atoms with Gasteiger partial charge in [-0.1, -0.05) is 115 Å². The Hall–Kier alpha value is -6.52. The van der Waals surface area contributed by atoms with Crippen LogP contribution in [0.3, 0.4) is 0 Å². The molecule has 4 heteroatoms. The van der Waals surface area contributed by atoms with Gasteiger partial charge in [-0.3, -0.25) is 0 Å². The number of hydrogen-bond acceptors (Lipinski definition) is 2. The Labute approximate surface area is 315 Å². The van der Waals surface area contributed by atoms with E-state index in [9.17, 15) is 0 Å². The molecule has 256 valence electrons. The maximum Gasteiger partial charge on any atom is 0.234 e. The van der Waals surface area contributed by atoms with Gasteiger partial charge in [-0.25, -0.2) is 0 Å². The lowest BCUT2D eigenvalue weighted by Gasteiger charge is -2.39. The van der Waals surface area contributed by atoms with Crippen LogP contribution in [-0.2, 0) is 0 Å². The quantitative estimate of drug-likeness (QED) is 0.171. The van der Waals surface area contributed by atoms with Gasteiger partial charge in [0.05, 0.1) is 11.0 Å². The van der Waals surface area contributed by atoms with Gasteiger partial charge in [0, 0.05) is 27.7 Å². The van der Waals surface area contributed by atoms with Crippen LogP contribution < -0.4 is 20.4 Å². The Morgan fingerprint density at radius 2 is 1.15 bits per heavy atom. The Bertz CT molecular complexity index is 2840. The standard InChI is InChI=1S/C50H36BNO2/c1-31-11-3-5-13-38(31)34-21-25-42-46(27-34)53-48-29-36(30-49-50(48)51(42)43-26-22-35(28-47(43)54-49)39-14-6-4-12-32(39)2)33-19-23-37(24-20-33)52-44-17-9-7-15-40(44)41-16-8-10-18-45(41)52/h3-25,27-30,43H,26H2,1-2H3. The van der Waals surface area contributed by atoms with E-state index < -0.39 is 0 Å². The minimum atomic E-state index is 0.117. The number of allylic oxidation sites excluding steroid dienone is 4. The van der Waals surface area contributed by atoms with Crippen LogP contribution in [0.4, 0.5) is 0 Å². The first kappa shape index (κ1) is 31.1. The summed E-state index contributed by atoms with van der Waals surface area (Å²) in [4.78, 5) is 0. The monoisotopic (exact) mass is 693 g/mol. The highest BCUT2D eigenvalue weighted by atomic mass is 16.5. The first-order valence-corrected chi connectivity index (χ1v) is 18.9. The highest BCUT2D eigenvalue weighted by Gasteiger charge is 2.46. The molecule has 3 aliphatic rings. The summed E-state index contributed by atoms with van der Waals surface area (Å²) in [6.45, 7) is 4.47. The van der Waals surface area contributed by atoms with Crippen LogP contribution in [0.1, 0.15) is 23.1 Å². The molecule has 0 radical (unpaired) electrons. The van der Waals surface area contributed by atoms with Gasteiger partial charge in [-0.05, 0) is 119 Å². The van der Waals surface area contributed by atoms with Crippen LogP contribution in [0.15, 0.2) is 170 Å². The Kier molecular flexibility index (Phi) is 6.91. The van der Waals surface area contributed by atoms with Crippen molar-refractivity contribution in [3.05, 3.63) is 186 Å². The number of hydrogen-bond donors (Lipinski definition) is 0. The van der Waals surface area contributed by atoms with Gasteiger partial charge in [-0.2, -0.15) is 0 Å². The molecule has 1 atom stereocenters. The molecule has 1 unspecified atom stereocenters. The van der Waals surface area contributed by atoms with Crippen LogP contribution in [0, 0.1) is 13.8 Å². The van der Waals surface area contributed by atoms with Gasteiger partial charge in [-0.15, -0.1) is 0 Å². The molecule has 0 N–H and O–H groups in total. The molecule has 11 rings (SSSR count). The fourth-order valence-corrected chi connectivity index (χ4v) is 9.19. The van der Waals surface area contributed by atoms with Gasteiger partial charge in [0.15, 0.2) is 0 Å². The first-order valence-electron chi connectivity index (χ1n) is 18.9. The SMILES string of the molecule is Cc1ccccc1C1=CCC2B3c4ccc(-c5ccccc5C)cc4Oc4cc(-c5ccc(-n6c7ccccc7c7ccccc76)cc5)cc(c43)OC2=C1. The first-order chi connectivity index (χ1) is 26.6. The van der Waals surface area contributed by atoms with Crippen molar-refractivity contribution < 1.29 is 9.47 Å². The second-order valence-corrected chi connectivity index (χ2v) is 14.9. The van der Waals surface area contributed by atoms with Crippen molar-refractivity contribution in [1.82, 2.24) is 4.57 Å². The molecule has 1 aromatic heterocycles. The molecular weight excluding hydrogens is 657 g/mol. The van der Waals surface area contributed by atoms with Gasteiger partial charge in [0.1, 0.15) is 23.0 Å². The highest BCUT2D eigenvalue weighted by Crippen LogP contribution is 2.47. The summed E-state index contributed by atoms with van der Waals surface area (Å²) in [6, 6.07) is 54.6. The van der Waals surface area contributed by atoms with Gasteiger partial charge < -0.3 is 14.0 Å². The predicted octanol–water partition coefficient (Wildman–Crippen LogP) is 11.6. The Morgan fingerprint density at radius 3 is 1.85 bits per heavy atom. The van der Waals surface area contributed by atoms with Crippen LogP contribution >= 0.6 is 0 Å². The van der Waals surface area contributed by atoms with Crippen LogP contribution in [0.25, 0.3) is 55.3 Å². The molecule has 0 saturated heterocycles. The average molecular weight is 694 g/mol. The molecule has 0 saturated carbocycles. The third kappa shape index (κ3) is 4.76. The average Bonchev–Trinajstić information content (AvgIpc) is 3.55. The topological polar surface area (TPSA) is 23.4 Å². The van der Waals surface area contributed by atoms with E-state index in [2.05, 4.69) is 182 Å². The van der Waals surface area contributed by atoms with Crippen molar-refractivity contribution in [2.45, 2.75) is 26.1 Å². The second-order valence-electron chi connectivity index (χ2n) is 14.9. The fourth-order valence-electron chi connectivity index (χ4n) is 9.19. The second kappa shape index (κ2) is 12.0. The van der Waals surface area contributed by atoms with Gasteiger partial charge in [0.25, 0.3) is 0 Å². The van der Waals surface area contributed by atoms with E-state index in [1.165, 1.54) is 60.7 Å². The number of benzene rings is 7. The van der Waals surface area contributed by atoms with E-state index in [0.717, 1.165) is 51.7 Å². The Balaban J connectivity index is 1.04. The van der Waals surface area contributed by atoms with Crippen molar-refractivity contribution in [3.8, 4) is 45.2 Å². The van der Waals surface area contributed by atoms with Crippen LogP contribution in [0.5, 0.6) is 17.2 Å². The minimum absolute atomic E-state index is 0.117. The lowest BCUT2D eigenvalue weighted by Crippen LogP contribution is -2.53. The zero-order chi connectivity index (χ0) is 35.9. The molecule has 7 aromatic carbocycles. The number of nitrogens with zero attached hydrogens (tertiary/aromatic N) is 1. The predicted molar refractivity (Wildman–Crippen MR) is 224 cm³/mol. The summed E-state index contributed by atoms with van der Waals surface area (Å²) in [5, 5.41) is 2.52. The van der Waals surface area contributed by atoms with Crippen molar-refractivity contribution >= 4 is 45.0 Å². The van der Waals surface area contributed by atoms with E-state index >= 15 is 0 Å². The summed E-state index contributed by atoms with van der Waals surface area (Å²) in [7, 11) is 0. The van der Waals surface area contributed by atoms with E-state index in [1.54, 1.807) is 0 Å². The van der Waals surface area contributed by atoms with E-state index in [4.69, 9.17) is 9.47 Å². The van der Waals surface area contributed by atoms with Crippen molar-refractivity contribution in [2.75, 3.05) is 0 Å². The summed E-state index contributed by atoms with van der Waals surface area (Å²) in [6.07, 6.45) is 5.57. The molecule has 0 fully saturated rings. The number of aromatic nitrogens is 1. The van der Waals surface area contributed by atoms with Crippen molar-refractivity contribution in [1.29, 1.82) is 0 Å². The molecular formula is C50H36BNO2. The zero-order valence-electron chi connectivity index (χ0n) is 30.2. The number of aryl methyl sites for hydroxylation is 2. The van der Waals surface area contributed by atoms with Crippen molar-refractivity contribution in [2.24, 2.45) is 0 Å². The maximum atomic E-state index is 6.98. The molecule has 0 bridgehead atoms. The fraction of sp³-hybridized carbons (Fsp3) is 0.0800. The summed E-state index contributed by atoms with van der Waals surface area (Å²) in [5.41, 5.74) is 15.5. The largest absolute Gasteiger partial charge is 0.463 e.